The van der Waals surface area contributed by atoms with Crippen LogP contribution in [0, 0.1) is 0 Å². The molecule has 96 valence electrons. The third kappa shape index (κ3) is 2.73. The van der Waals surface area contributed by atoms with Gasteiger partial charge in [-0.15, -0.1) is 0 Å². The van der Waals surface area contributed by atoms with Crippen molar-refractivity contribution < 1.29 is 4.74 Å². The minimum atomic E-state index is 0.434. The van der Waals surface area contributed by atoms with E-state index in [0.717, 1.165) is 11.6 Å². The fraction of sp³-hybridized carbons (Fsp3) is 0.364. The molecule has 2 heterocycles. The van der Waals surface area contributed by atoms with Gasteiger partial charge >= 0.3 is 0 Å². The highest BCUT2D eigenvalue weighted by atomic mass is 32.2. The van der Waals surface area contributed by atoms with Crippen LogP contribution in [0.25, 0.3) is 0 Å². The second-order valence-corrected chi connectivity index (χ2v) is 4.62. The maximum atomic E-state index is 5.98. The van der Waals surface area contributed by atoms with E-state index in [4.69, 9.17) is 10.5 Å². The standard InChI is InChI=1S/C11H15N5OS/c1-3-6-17-9-8(12)10(15-7-14-9)18-11-13-4-5-16(11)2/h4-5,7H,3,6,12H2,1-2H3. The number of nitrogens with two attached hydrogens (primary N) is 1. The summed E-state index contributed by atoms with van der Waals surface area (Å²) in [5, 5.41) is 1.48. The zero-order chi connectivity index (χ0) is 13.0. The summed E-state index contributed by atoms with van der Waals surface area (Å²) in [7, 11) is 1.92. The third-order valence-electron chi connectivity index (χ3n) is 2.22. The molecule has 0 amide bonds. The molecular formula is C11H15N5OS. The Morgan fingerprint density at radius 1 is 1.39 bits per heavy atom. The topological polar surface area (TPSA) is 78.9 Å². The van der Waals surface area contributed by atoms with Crippen LogP contribution >= 0.6 is 11.8 Å². The number of anilines is 1. The molecule has 2 aromatic heterocycles. The van der Waals surface area contributed by atoms with Crippen LogP contribution in [-0.2, 0) is 7.05 Å². The maximum absolute atomic E-state index is 5.98. The first-order valence-corrected chi connectivity index (χ1v) is 6.42. The first kappa shape index (κ1) is 12.7. The Bertz CT molecular complexity index is 528. The summed E-state index contributed by atoms with van der Waals surface area (Å²) >= 11 is 1.39. The fourth-order valence-corrected chi connectivity index (χ4v) is 2.08. The van der Waals surface area contributed by atoms with Gasteiger partial charge in [-0.3, -0.25) is 0 Å². The Kier molecular flexibility index (Phi) is 4.03. The van der Waals surface area contributed by atoms with Crippen LogP contribution in [0.5, 0.6) is 5.88 Å². The molecule has 2 N–H and O–H groups in total. The number of rotatable bonds is 5. The van der Waals surface area contributed by atoms with Crippen molar-refractivity contribution in [3.05, 3.63) is 18.7 Å². The smallest absolute Gasteiger partial charge is 0.241 e. The van der Waals surface area contributed by atoms with Crippen LogP contribution in [-0.4, -0.2) is 26.1 Å². The molecule has 0 bridgehead atoms. The quantitative estimate of drug-likeness (QED) is 0.829. The normalized spacial score (nSPS) is 10.6. The van der Waals surface area contributed by atoms with E-state index in [1.54, 1.807) is 6.20 Å². The lowest BCUT2D eigenvalue weighted by molar-refractivity contribution is 0.305. The number of imidazole rings is 1. The largest absolute Gasteiger partial charge is 0.476 e. The minimum absolute atomic E-state index is 0.434. The third-order valence-corrected chi connectivity index (χ3v) is 3.31. The molecule has 2 rings (SSSR count). The van der Waals surface area contributed by atoms with Gasteiger partial charge in [0.1, 0.15) is 17.0 Å². The van der Waals surface area contributed by atoms with Crippen molar-refractivity contribution in [1.29, 1.82) is 0 Å². The molecule has 0 fully saturated rings. The summed E-state index contributed by atoms with van der Waals surface area (Å²) in [5.74, 6) is 0.434. The number of hydrogen-bond donors (Lipinski definition) is 1. The highest BCUT2D eigenvalue weighted by molar-refractivity contribution is 7.99. The lowest BCUT2D eigenvalue weighted by Gasteiger charge is -2.09. The molecular weight excluding hydrogens is 250 g/mol. The van der Waals surface area contributed by atoms with Gasteiger partial charge in [0.25, 0.3) is 0 Å². The Morgan fingerprint density at radius 3 is 2.89 bits per heavy atom. The van der Waals surface area contributed by atoms with E-state index in [2.05, 4.69) is 15.0 Å². The number of aromatic nitrogens is 4. The summed E-state index contributed by atoms with van der Waals surface area (Å²) in [5.41, 5.74) is 6.44. The van der Waals surface area contributed by atoms with E-state index in [9.17, 15) is 0 Å². The Labute approximate surface area is 110 Å². The number of hydrogen-bond acceptors (Lipinski definition) is 6. The van der Waals surface area contributed by atoms with E-state index >= 15 is 0 Å². The molecule has 0 atom stereocenters. The van der Waals surface area contributed by atoms with Gasteiger partial charge < -0.3 is 15.0 Å². The van der Waals surface area contributed by atoms with Crippen LogP contribution in [0.2, 0.25) is 0 Å². The van der Waals surface area contributed by atoms with E-state index in [1.807, 2.05) is 24.7 Å². The first-order chi connectivity index (χ1) is 8.72. The molecule has 0 aliphatic rings. The van der Waals surface area contributed by atoms with Crippen LogP contribution in [0.1, 0.15) is 13.3 Å². The van der Waals surface area contributed by atoms with Crippen molar-refractivity contribution >= 4 is 17.4 Å². The number of nitrogen functional groups attached to an aromatic ring is 1. The summed E-state index contributed by atoms with van der Waals surface area (Å²) in [6, 6.07) is 0. The van der Waals surface area contributed by atoms with Crippen molar-refractivity contribution in [1.82, 2.24) is 19.5 Å². The monoisotopic (exact) mass is 265 g/mol. The van der Waals surface area contributed by atoms with E-state index in [0.29, 0.717) is 23.2 Å². The molecule has 0 saturated heterocycles. The van der Waals surface area contributed by atoms with Gasteiger partial charge in [0.05, 0.1) is 6.61 Å². The van der Waals surface area contributed by atoms with Crippen molar-refractivity contribution in [2.24, 2.45) is 7.05 Å². The minimum Gasteiger partial charge on any atom is -0.476 e. The van der Waals surface area contributed by atoms with Crippen LogP contribution in [0.4, 0.5) is 5.69 Å². The van der Waals surface area contributed by atoms with Gasteiger partial charge in [-0.05, 0) is 18.2 Å². The summed E-state index contributed by atoms with van der Waals surface area (Å²) in [6.07, 6.45) is 5.96. The van der Waals surface area contributed by atoms with Crippen molar-refractivity contribution in [2.75, 3.05) is 12.3 Å². The summed E-state index contributed by atoms with van der Waals surface area (Å²) < 4.78 is 7.36. The van der Waals surface area contributed by atoms with E-state index < -0.39 is 0 Å². The predicted octanol–water partition coefficient (Wildman–Crippen LogP) is 1.73. The van der Waals surface area contributed by atoms with Gasteiger partial charge in [-0.25, -0.2) is 9.97 Å². The molecule has 0 aromatic carbocycles. The van der Waals surface area contributed by atoms with E-state index in [1.165, 1.54) is 18.1 Å². The molecule has 0 unspecified atom stereocenters. The van der Waals surface area contributed by atoms with Crippen molar-refractivity contribution in [2.45, 2.75) is 23.5 Å². The second kappa shape index (κ2) is 5.72. The molecule has 6 nitrogen and oxygen atoms in total. The maximum Gasteiger partial charge on any atom is 0.241 e. The van der Waals surface area contributed by atoms with Crippen molar-refractivity contribution in [3.8, 4) is 5.88 Å². The second-order valence-electron chi connectivity index (χ2n) is 3.67. The fourth-order valence-electron chi connectivity index (χ4n) is 1.30. The SMILES string of the molecule is CCCOc1ncnc(Sc2nccn2C)c1N. The average molecular weight is 265 g/mol. The number of ether oxygens (including phenoxy) is 1. The van der Waals surface area contributed by atoms with E-state index in [-0.39, 0.29) is 0 Å². The van der Waals surface area contributed by atoms with Gasteiger partial charge in [-0.1, -0.05) is 6.92 Å². The highest BCUT2D eigenvalue weighted by Crippen LogP contribution is 2.32. The predicted molar refractivity (Wildman–Crippen MR) is 69.6 cm³/mol. The molecule has 0 radical (unpaired) electrons. The first-order valence-electron chi connectivity index (χ1n) is 5.60. The van der Waals surface area contributed by atoms with Gasteiger partial charge in [0.15, 0.2) is 5.16 Å². The van der Waals surface area contributed by atoms with Gasteiger partial charge in [-0.2, -0.15) is 4.98 Å². The molecule has 0 saturated carbocycles. The zero-order valence-electron chi connectivity index (χ0n) is 10.3. The van der Waals surface area contributed by atoms with Gasteiger partial charge in [0, 0.05) is 19.4 Å². The molecule has 2 aromatic rings. The van der Waals surface area contributed by atoms with Crippen LogP contribution < -0.4 is 10.5 Å². The number of aryl methyl sites for hydroxylation is 1. The lowest BCUT2D eigenvalue weighted by atomic mass is 10.5. The Hall–Kier alpha value is -1.76. The number of nitrogens with zero attached hydrogens (tertiary/aromatic N) is 4. The molecule has 0 aliphatic carbocycles. The molecule has 7 heteroatoms. The van der Waals surface area contributed by atoms with Crippen LogP contribution in [0.15, 0.2) is 28.9 Å². The zero-order valence-corrected chi connectivity index (χ0v) is 11.1. The van der Waals surface area contributed by atoms with Crippen LogP contribution in [0.3, 0.4) is 0 Å². The average Bonchev–Trinajstić information content (AvgIpc) is 2.76. The summed E-state index contributed by atoms with van der Waals surface area (Å²) in [4.78, 5) is 12.4. The van der Waals surface area contributed by atoms with Crippen molar-refractivity contribution in [3.63, 3.8) is 0 Å². The Morgan fingerprint density at radius 2 is 2.22 bits per heavy atom. The summed E-state index contributed by atoms with van der Waals surface area (Å²) in [6.45, 7) is 2.62. The lowest BCUT2D eigenvalue weighted by Crippen LogP contribution is -2.04. The molecule has 0 aliphatic heterocycles. The Balaban J connectivity index is 2.21. The molecule has 0 spiro atoms. The molecule has 18 heavy (non-hydrogen) atoms. The van der Waals surface area contributed by atoms with Gasteiger partial charge in [0.2, 0.25) is 5.88 Å². The highest BCUT2D eigenvalue weighted by Gasteiger charge is 2.12.